The Morgan fingerprint density at radius 1 is 0.962 bits per heavy atom. The standard InChI is InChI=1S/C24H33NO/c1-5-6-17-24(26,20-15-11-8-12-16-20)21-18-25(23(2,3)4)22(21)19-13-9-7-10-14-19/h7-16,21-22,26H,5-6,17-18H2,1-4H3/t21-,22-,24+/m1/s1. The van der Waals surface area contributed by atoms with Gasteiger partial charge in [0, 0.05) is 24.0 Å². The molecule has 1 N–H and O–H groups in total. The minimum Gasteiger partial charge on any atom is -0.385 e. The summed E-state index contributed by atoms with van der Waals surface area (Å²) in [6.45, 7) is 9.94. The minimum atomic E-state index is -0.778. The van der Waals surface area contributed by atoms with Crippen molar-refractivity contribution in [2.45, 2.75) is 64.1 Å². The Bertz CT molecular complexity index is 691. The van der Waals surface area contributed by atoms with Gasteiger partial charge in [0.25, 0.3) is 0 Å². The Balaban J connectivity index is 2.00. The van der Waals surface area contributed by atoms with E-state index in [1.807, 2.05) is 18.2 Å². The summed E-state index contributed by atoms with van der Waals surface area (Å²) in [5, 5.41) is 11.9. The van der Waals surface area contributed by atoms with Crippen LogP contribution in [-0.2, 0) is 5.60 Å². The third kappa shape index (κ3) is 3.58. The lowest BCUT2D eigenvalue weighted by Gasteiger charge is -2.59. The Labute approximate surface area is 158 Å². The van der Waals surface area contributed by atoms with Gasteiger partial charge in [0.05, 0.1) is 5.60 Å². The van der Waals surface area contributed by atoms with E-state index in [-0.39, 0.29) is 17.5 Å². The van der Waals surface area contributed by atoms with E-state index in [0.29, 0.717) is 0 Å². The van der Waals surface area contributed by atoms with Gasteiger partial charge in [0.2, 0.25) is 0 Å². The molecule has 1 aliphatic heterocycles. The van der Waals surface area contributed by atoms with Crippen molar-refractivity contribution in [3.05, 3.63) is 71.8 Å². The predicted molar refractivity (Wildman–Crippen MR) is 109 cm³/mol. The van der Waals surface area contributed by atoms with Gasteiger partial charge in [-0.05, 0) is 38.3 Å². The molecule has 26 heavy (non-hydrogen) atoms. The Morgan fingerprint density at radius 2 is 1.54 bits per heavy atom. The average molecular weight is 352 g/mol. The largest absolute Gasteiger partial charge is 0.385 e. The molecule has 1 fully saturated rings. The maximum Gasteiger partial charge on any atom is 0.0955 e. The maximum atomic E-state index is 11.9. The van der Waals surface area contributed by atoms with Gasteiger partial charge in [-0.1, -0.05) is 80.4 Å². The SMILES string of the molecule is CCCC[C@](O)(c1ccccc1)[C@@H]1CN(C(C)(C)C)[C@@H]1c1ccccc1. The van der Waals surface area contributed by atoms with Crippen molar-refractivity contribution in [1.82, 2.24) is 4.90 Å². The topological polar surface area (TPSA) is 23.5 Å². The third-order valence-electron chi connectivity index (χ3n) is 5.91. The van der Waals surface area contributed by atoms with Gasteiger partial charge >= 0.3 is 0 Å². The zero-order chi connectivity index (χ0) is 18.8. The molecule has 2 heteroatoms. The first-order valence-corrected chi connectivity index (χ1v) is 9.97. The van der Waals surface area contributed by atoms with E-state index < -0.39 is 5.60 Å². The number of likely N-dealkylation sites (tertiary alicyclic amines) is 1. The van der Waals surface area contributed by atoms with Crippen LogP contribution in [0.1, 0.15) is 64.1 Å². The third-order valence-corrected chi connectivity index (χ3v) is 5.91. The summed E-state index contributed by atoms with van der Waals surface area (Å²) < 4.78 is 0. The lowest BCUT2D eigenvalue weighted by Crippen LogP contribution is -2.63. The van der Waals surface area contributed by atoms with E-state index in [2.05, 4.69) is 75.1 Å². The number of rotatable bonds is 6. The number of hydrogen-bond acceptors (Lipinski definition) is 2. The van der Waals surface area contributed by atoms with Crippen LogP contribution in [-0.4, -0.2) is 22.1 Å². The highest BCUT2D eigenvalue weighted by atomic mass is 16.3. The molecule has 0 amide bonds. The maximum absolute atomic E-state index is 11.9. The number of benzene rings is 2. The molecular weight excluding hydrogens is 318 g/mol. The van der Waals surface area contributed by atoms with Crippen molar-refractivity contribution in [1.29, 1.82) is 0 Å². The monoisotopic (exact) mass is 351 g/mol. The van der Waals surface area contributed by atoms with Gasteiger partial charge < -0.3 is 5.11 Å². The van der Waals surface area contributed by atoms with Crippen molar-refractivity contribution < 1.29 is 5.11 Å². The van der Waals surface area contributed by atoms with E-state index in [1.54, 1.807) is 0 Å². The van der Waals surface area contributed by atoms with E-state index in [1.165, 1.54) is 5.56 Å². The molecule has 0 aromatic heterocycles. The van der Waals surface area contributed by atoms with Crippen LogP contribution in [0, 0.1) is 5.92 Å². The van der Waals surface area contributed by atoms with Crippen molar-refractivity contribution in [3.8, 4) is 0 Å². The van der Waals surface area contributed by atoms with Crippen LogP contribution in [0.15, 0.2) is 60.7 Å². The molecule has 3 rings (SSSR count). The molecule has 0 unspecified atom stereocenters. The minimum absolute atomic E-state index is 0.0827. The normalized spacial score (nSPS) is 23.3. The van der Waals surface area contributed by atoms with Crippen LogP contribution >= 0.6 is 0 Å². The molecule has 0 saturated carbocycles. The van der Waals surface area contributed by atoms with Gasteiger partial charge in [-0.15, -0.1) is 0 Å². The number of hydrogen-bond donors (Lipinski definition) is 1. The zero-order valence-corrected chi connectivity index (χ0v) is 16.7. The van der Waals surface area contributed by atoms with Crippen LogP contribution in [0.4, 0.5) is 0 Å². The molecular formula is C24H33NO. The summed E-state index contributed by atoms with van der Waals surface area (Å²) in [6.07, 6.45) is 2.96. The lowest BCUT2D eigenvalue weighted by molar-refractivity contribution is -0.164. The molecule has 2 aromatic rings. The molecule has 0 aliphatic carbocycles. The molecule has 1 heterocycles. The van der Waals surface area contributed by atoms with E-state index in [4.69, 9.17) is 0 Å². The van der Waals surface area contributed by atoms with Crippen LogP contribution in [0.25, 0.3) is 0 Å². The second kappa shape index (κ2) is 7.54. The summed E-state index contributed by atoms with van der Waals surface area (Å²) >= 11 is 0. The summed E-state index contributed by atoms with van der Waals surface area (Å²) in [4.78, 5) is 2.53. The number of nitrogens with zero attached hydrogens (tertiary/aromatic N) is 1. The van der Waals surface area contributed by atoms with E-state index in [9.17, 15) is 5.11 Å². The van der Waals surface area contributed by atoms with Gasteiger partial charge in [-0.3, -0.25) is 4.90 Å². The van der Waals surface area contributed by atoms with Crippen LogP contribution < -0.4 is 0 Å². The first kappa shape index (κ1) is 19.1. The van der Waals surface area contributed by atoms with E-state index in [0.717, 1.165) is 31.4 Å². The lowest BCUT2D eigenvalue weighted by atomic mass is 9.66. The second-order valence-corrected chi connectivity index (χ2v) is 8.68. The predicted octanol–water partition coefficient (Wildman–Crippen LogP) is 5.54. The summed E-state index contributed by atoms with van der Waals surface area (Å²) in [7, 11) is 0. The van der Waals surface area contributed by atoms with Crippen molar-refractivity contribution in [2.24, 2.45) is 5.92 Å². The molecule has 1 aliphatic rings. The van der Waals surface area contributed by atoms with Crippen LogP contribution in [0.3, 0.4) is 0 Å². The Kier molecular flexibility index (Phi) is 5.55. The molecule has 1 saturated heterocycles. The van der Waals surface area contributed by atoms with Gasteiger partial charge in [0.1, 0.15) is 0 Å². The second-order valence-electron chi connectivity index (χ2n) is 8.68. The first-order chi connectivity index (χ1) is 12.4. The smallest absolute Gasteiger partial charge is 0.0955 e. The van der Waals surface area contributed by atoms with Crippen molar-refractivity contribution >= 4 is 0 Å². The fraction of sp³-hybridized carbons (Fsp3) is 0.500. The van der Waals surface area contributed by atoms with Crippen molar-refractivity contribution in [3.63, 3.8) is 0 Å². The molecule has 0 bridgehead atoms. The van der Waals surface area contributed by atoms with Crippen molar-refractivity contribution in [2.75, 3.05) is 6.54 Å². The zero-order valence-electron chi connectivity index (χ0n) is 16.7. The van der Waals surface area contributed by atoms with Crippen LogP contribution in [0.5, 0.6) is 0 Å². The van der Waals surface area contributed by atoms with E-state index >= 15 is 0 Å². The fourth-order valence-electron chi connectivity index (χ4n) is 4.39. The first-order valence-electron chi connectivity index (χ1n) is 9.97. The number of unbranched alkanes of at least 4 members (excludes halogenated alkanes) is 1. The van der Waals surface area contributed by atoms with Crippen LogP contribution in [0.2, 0.25) is 0 Å². The van der Waals surface area contributed by atoms with Gasteiger partial charge in [0.15, 0.2) is 0 Å². The van der Waals surface area contributed by atoms with Gasteiger partial charge in [-0.2, -0.15) is 0 Å². The summed E-state index contributed by atoms with van der Waals surface area (Å²) in [5.41, 5.74) is 1.68. The summed E-state index contributed by atoms with van der Waals surface area (Å²) in [5.74, 6) is 0.207. The molecule has 140 valence electrons. The Morgan fingerprint density at radius 3 is 2.08 bits per heavy atom. The molecule has 0 spiro atoms. The summed E-state index contributed by atoms with van der Waals surface area (Å²) in [6, 6.07) is 21.3. The Hall–Kier alpha value is -1.64. The van der Waals surface area contributed by atoms with Gasteiger partial charge in [-0.25, -0.2) is 0 Å². The number of aliphatic hydroxyl groups is 1. The molecule has 0 radical (unpaired) electrons. The average Bonchev–Trinajstić information content (AvgIpc) is 2.59. The highest BCUT2D eigenvalue weighted by molar-refractivity contribution is 5.31. The fourth-order valence-corrected chi connectivity index (χ4v) is 4.39. The molecule has 3 atom stereocenters. The molecule has 2 aromatic carbocycles. The molecule has 2 nitrogen and oxygen atoms in total. The highest BCUT2D eigenvalue weighted by Crippen LogP contribution is 2.52. The highest BCUT2D eigenvalue weighted by Gasteiger charge is 2.54. The quantitative estimate of drug-likeness (QED) is 0.739.